The molecular weight excluding hydrogens is 386 g/mol. The summed E-state index contributed by atoms with van der Waals surface area (Å²) in [5.41, 5.74) is 1.32. The van der Waals surface area contributed by atoms with Crippen molar-refractivity contribution in [3.63, 3.8) is 0 Å². The Morgan fingerprint density at radius 2 is 1.87 bits per heavy atom. The van der Waals surface area contributed by atoms with Crippen molar-refractivity contribution in [3.8, 4) is 23.1 Å². The topological polar surface area (TPSA) is 106 Å². The minimum absolute atomic E-state index is 0.0154. The van der Waals surface area contributed by atoms with Crippen molar-refractivity contribution >= 4 is 5.71 Å². The van der Waals surface area contributed by atoms with Gasteiger partial charge in [-0.3, -0.25) is 14.8 Å². The van der Waals surface area contributed by atoms with Crippen LogP contribution in [0.25, 0.3) is 5.69 Å². The quantitative estimate of drug-likeness (QED) is 0.633. The van der Waals surface area contributed by atoms with Crippen LogP contribution in [-0.2, 0) is 6.54 Å². The number of nitrogens with zero attached hydrogens (tertiary/aromatic N) is 2. The van der Waals surface area contributed by atoms with Crippen LogP contribution in [0.15, 0.2) is 57.0 Å². The Morgan fingerprint density at radius 3 is 2.60 bits per heavy atom. The van der Waals surface area contributed by atoms with Gasteiger partial charge in [-0.1, -0.05) is 30.7 Å². The molecule has 0 saturated heterocycles. The maximum Gasteiger partial charge on any atom is 0.335 e. The van der Waals surface area contributed by atoms with Crippen LogP contribution in [0, 0.1) is 6.92 Å². The standard InChI is InChI=1S/C22H21N3O5/c1-3-16(23-11-14-6-9-17-18(10-14)30-12-29-17)19-20(26)24-22(28)25(21(19)27)15-7-4-13(2)5-8-15/h4-10,27H,3,11-12H2,1-2H3,(H,24,26,28). The van der Waals surface area contributed by atoms with Crippen molar-refractivity contribution in [1.29, 1.82) is 0 Å². The lowest BCUT2D eigenvalue weighted by Gasteiger charge is -2.13. The van der Waals surface area contributed by atoms with Crippen LogP contribution < -0.4 is 20.7 Å². The van der Waals surface area contributed by atoms with E-state index < -0.39 is 17.1 Å². The number of aliphatic imine (C=N–C) groups is 1. The van der Waals surface area contributed by atoms with E-state index in [1.165, 1.54) is 0 Å². The maximum atomic E-state index is 12.5. The predicted octanol–water partition coefficient (Wildman–Crippen LogP) is 2.67. The summed E-state index contributed by atoms with van der Waals surface area (Å²) < 4.78 is 11.8. The smallest absolute Gasteiger partial charge is 0.335 e. The summed E-state index contributed by atoms with van der Waals surface area (Å²) in [6.45, 7) is 4.22. The average molecular weight is 407 g/mol. The van der Waals surface area contributed by atoms with Crippen LogP contribution in [0.2, 0.25) is 0 Å². The van der Waals surface area contributed by atoms with Gasteiger partial charge in [0.2, 0.25) is 12.7 Å². The number of rotatable bonds is 5. The third-order valence-corrected chi connectivity index (χ3v) is 4.89. The first-order valence-electron chi connectivity index (χ1n) is 9.55. The Labute approximate surface area is 172 Å². The van der Waals surface area contributed by atoms with Gasteiger partial charge in [-0.15, -0.1) is 0 Å². The Kier molecular flexibility index (Phi) is 5.14. The molecular formula is C22H21N3O5. The Balaban J connectivity index is 1.74. The Hall–Kier alpha value is -3.81. The molecule has 1 aliphatic heterocycles. The predicted molar refractivity (Wildman–Crippen MR) is 112 cm³/mol. The fraction of sp³-hybridized carbons (Fsp3) is 0.227. The van der Waals surface area contributed by atoms with E-state index in [2.05, 4.69) is 9.98 Å². The van der Waals surface area contributed by atoms with Crippen molar-refractivity contribution in [2.45, 2.75) is 26.8 Å². The zero-order valence-corrected chi connectivity index (χ0v) is 16.6. The fourth-order valence-corrected chi connectivity index (χ4v) is 3.31. The first-order valence-corrected chi connectivity index (χ1v) is 9.55. The second kappa shape index (κ2) is 7.90. The summed E-state index contributed by atoms with van der Waals surface area (Å²) in [6, 6.07) is 12.5. The van der Waals surface area contributed by atoms with E-state index in [1.54, 1.807) is 18.2 Å². The van der Waals surface area contributed by atoms with Crippen molar-refractivity contribution < 1.29 is 14.6 Å². The van der Waals surface area contributed by atoms with Gasteiger partial charge in [0, 0.05) is 0 Å². The number of H-pyrrole nitrogens is 1. The first kappa shape index (κ1) is 19.5. The average Bonchev–Trinajstić information content (AvgIpc) is 3.19. The van der Waals surface area contributed by atoms with E-state index in [0.717, 1.165) is 15.7 Å². The molecule has 2 heterocycles. The molecule has 8 nitrogen and oxygen atoms in total. The van der Waals surface area contributed by atoms with E-state index in [-0.39, 0.29) is 18.9 Å². The van der Waals surface area contributed by atoms with Crippen LogP contribution in [0.1, 0.15) is 30.0 Å². The van der Waals surface area contributed by atoms with Crippen molar-refractivity contribution in [2.75, 3.05) is 6.79 Å². The van der Waals surface area contributed by atoms with Gasteiger partial charge < -0.3 is 14.6 Å². The van der Waals surface area contributed by atoms with Gasteiger partial charge in [0.1, 0.15) is 5.56 Å². The lowest BCUT2D eigenvalue weighted by atomic mass is 10.1. The molecule has 3 aromatic rings. The van der Waals surface area contributed by atoms with Crippen LogP contribution in [0.5, 0.6) is 17.4 Å². The molecule has 0 fully saturated rings. The molecule has 0 radical (unpaired) electrons. The molecule has 2 aromatic carbocycles. The molecule has 0 unspecified atom stereocenters. The third kappa shape index (κ3) is 3.59. The summed E-state index contributed by atoms with van der Waals surface area (Å²) in [4.78, 5) is 31.7. The molecule has 0 saturated carbocycles. The number of hydrogen-bond acceptors (Lipinski definition) is 6. The highest BCUT2D eigenvalue weighted by atomic mass is 16.7. The van der Waals surface area contributed by atoms with E-state index >= 15 is 0 Å². The maximum absolute atomic E-state index is 12.5. The number of aryl methyl sites for hydroxylation is 1. The first-order chi connectivity index (χ1) is 14.5. The molecule has 1 aromatic heterocycles. The summed E-state index contributed by atoms with van der Waals surface area (Å²) in [5, 5.41) is 10.8. The summed E-state index contributed by atoms with van der Waals surface area (Å²) >= 11 is 0. The van der Waals surface area contributed by atoms with Gasteiger partial charge in [0.25, 0.3) is 5.56 Å². The largest absolute Gasteiger partial charge is 0.493 e. The number of aromatic nitrogens is 2. The van der Waals surface area contributed by atoms with E-state index in [9.17, 15) is 14.7 Å². The summed E-state index contributed by atoms with van der Waals surface area (Å²) in [7, 11) is 0. The van der Waals surface area contributed by atoms with Gasteiger partial charge >= 0.3 is 5.69 Å². The molecule has 0 aliphatic carbocycles. The number of hydrogen-bond donors (Lipinski definition) is 2. The fourth-order valence-electron chi connectivity index (χ4n) is 3.31. The lowest BCUT2D eigenvalue weighted by molar-refractivity contribution is 0.174. The minimum atomic E-state index is -0.712. The summed E-state index contributed by atoms with van der Waals surface area (Å²) in [5.74, 6) is 0.894. The van der Waals surface area contributed by atoms with E-state index in [1.807, 2.05) is 38.1 Å². The second-order valence-electron chi connectivity index (χ2n) is 6.93. The minimum Gasteiger partial charge on any atom is -0.493 e. The van der Waals surface area contributed by atoms with Gasteiger partial charge in [-0.05, 0) is 43.2 Å². The highest BCUT2D eigenvalue weighted by Gasteiger charge is 2.19. The molecule has 0 amide bonds. The number of fused-ring (bicyclic) bond motifs is 1. The van der Waals surface area contributed by atoms with E-state index in [0.29, 0.717) is 29.3 Å². The van der Waals surface area contributed by atoms with Gasteiger partial charge in [0.15, 0.2) is 11.5 Å². The summed E-state index contributed by atoms with van der Waals surface area (Å²) in [6.07, 6.45) is 0.396. The molecule has 30 heavy (non-hydrogen) atoms. The van der Waals surface area contributed by atoms with E-state index in [4.69, 9.17) is 9.47 Å². The van der Waals surface area contributed by atoms with Gasteiger partial charge in [-0.25, -0.2) is 9.36 Å². The molecule has 0 bridgehead atoms. The lowest BCUT2D eigenvalue weighted by Crippen LogP contribution is -2.33. The molecule has 8 heteroatoms. The molecule has 0 spiro atoms. The highest BCUT2D eigenvalue weighted by molar-refractivity contribution is 6.02. The molecule has 0 atom stereocenters. The monoisotopic (exact) mass is 407 g/mol. The molecule has 4 rings (SSSR count). The second-order valence-corrected chi connectivity index (χ2v) is 6.93. The number of ether oxygens (including phenoxy) is 2. The third-order valence-electron chi connectivity index (χ3n) is 4.89. The molecule has 2 N–H and O–H groups in total. The molecule has 154 valence electrons. The number of aromatic amines is 1. The Bertz CT molecular complexity index is 1240. The zero-order chi connectivity index (χ0) is 21.3. The normalized spacial score (nSPS) is 12.9. The van der Waals surface area contributed by atoms with Crippen LogP contribution in [0.3, 0.4) is 0 Å². The van der Waals surface area contributed by atoms with Crippen molar-refractivity contribution in [2.24, 2.45) is 4.99 Å². The van der Waals surface area contributed by atoms with Crippen molar-refractivity contribution in [1.82, 2.24) is 9.55 Å². The molecule has 1 aliphatic rings. The van der Waals surface area contributed by atoms with Crippen LogP contribution in [0.4, 0.5) is 0 Å². The van der Waals surface area contributed by atoms with Crippen molar-refractivity contribution in [3.05, 3.63) is 80.0 Å². The number of nitrogens with one attached hydrogen (secondary N) is 1. The number of aromatic hydroxyl groups is 1. The van der Waals surface area contributed by atoms with Gasteiger partial charge in [0.05, 0.1) is 17.9 Å². The SMILES string of the molecule is CCC(=NCc1ccc2c(c1)OCO2)c1c(O)n(-c2ccc(C)cc2)c(=O)[nH]c1=O. The van der Waals surface area contributed by atoms with Crippen LogP contribution >= 0.6 is 0 Å². The highest BCUT2D eigenvalue weighted by Crippen LogP contribution is 2.32. The Morgan fingerprint density at radius 1 is 1.13 bits per heavy atom. The number of benzene rings is 2. The van der Waals surface area contributed by atoms with Crippen LogP contribution in [-0.4, -0.2) is 27.2 Å². The van der Waals surface area contributed by atoms with Gasteiger partial charge in [-0.2, -0.15) is 0 Å². The zero-order valence-electron chi connectivity index (χ0n) is 16.6.